The monoisotopic (exact) mass is 339 g/mol. The molecule has 25 heavy (non-hydrogen) atoms. The topological polar surface area (TPSA) is 87.0 Å². The van der Waals surface area contributed by atoms with Crippen LogP contribution in [-0.2, 0) is 13.1 Å². The van der Waals surface area contributed by atoms with Gasteiger partial charge in [-0.3, -0.25) is 9.69 Å². The normalized spacial score (nSPS) is 18.2. The Hall–Kier alpha value is -2.51. The van der Waals surface area contributed by atoms with E-state index in [0.29, 0.717) is 18.5 Å². The largest absolute Gasteiger partial charge is 0.395 e. The molecule has 2 aromatic heterocycles. The van der Waals surface area contributed by atoms with Gasteiger partial charge in [-0.25, -0.2) is 4.68 Å². The van der Waals surface area contributed by atoms with Crippen molar-refractivity contribution in [1.82, 2.24) is 24.9 Å². The van der Waals surface area contributed by atoms with E-state index in [1.54, 1.807) is 10.9 Å². The molecule has 0 aliphatic carbocycles. The van der Waals surface area contributed by atoms with Gasteiger partial charge in [0.1, 0.15) is 0 Å². The van der Waals surface area contributed by atoms with Crippen molar-refractivity contribution in [2.24, 2.45) is 0 Å². The summed E-state index contributed by atoms with van der Waals surface area (Å²) in [5.74, 6) is 0. The van der Waals surface area contributed by atoms with Crippen molar-refractivity contribution in [3.05, 3.63) is 58.3 Å². The van der Waals surface area contributed by atoms with Crippen LogP contribution in [0.3, 0.4) is 0 Å². The fourth-order valence-electron chi connectivity index (χ4n) is 3.58. The lowest BCUT2D eigenvalue weighted by atomic mass is 10.1. The second kappa shape index (κ2) is 6.78. The molecule has 3 aromatic rings. The molecule has 0 saturated carbocycles. The van der Waals surface area contributed by atoms with Gasteiger partial charge in [0.2, 0.25) is 0 Å². The molecule has 1 unspecified atom stereocenters. The summed E-state index contributed by atoms with van der Waals surface area (Å²) in [7, 11) is 0. The maximum absolute atomic E-state index is 11.9. The molecule has 7 nitrogen and oxygen atoms in total. The van der Waals surface area contributed by atoms with E-state index in [9.17, 15) is 9.90 Å². The number of hydrogen-bond acceptors (Lipinski definition) is 5. The third-order valence-electron chi connectivity index (χ3n) is 4.89. The van der Waals surface area contributed by atoms with Crippen molar-refractivity contribution in [3.63, 3.8) is 0 Å². The van der Waals surface area contributed by atoms with Crippen molar-refractivity contribution in [3.8, 4) is 0 Å². The van der Waals surface area contributed by atoms with Crippen LogP contribution in [-0.4, -0.2) is 49.2 Å². The zero-order valence-electron chi connectivity index (χ0n) is 13.9. The van der Waals surface area contributed by atoms with Gasteiger partial charge >= 0.3 is 0 Å². The minimum Gasteiger partial charge on any atom is -0.395 e. The molecule has 7 heteroatoms. The van der Waals surface area contributed by atoms with Gasteiger partial charge < -0.3 is 10.1 Å². The lowest BCUT2D eigenvalue weighted by molar-refractivity contribution is 0.152. The van der Waals surface area contributed by atoms with Crippen LogP contribution < -0.4 is 5.56 Å². The number of benzene rings is 1. The standard InChI is InChI=1S/C18H21N5O2/c24-12-15-4-3-7-22(15)10-14-11-23(21-20-14)9-13-8-19-18(25)17-6-2-1-5-16(13)17/h1-2,5-6,8,11,15,24H,3-4,7,9-10,12H2,(H,19,25). The number of nitrogens with one attached hydrogen (secondary N) is 1. The number of aliphatic hydroxyl groups excluding tert-OH is 1. The molecule has 1 aliphatic rings. The summed E-state index contributed by atoms with van der Waals surface area (Å²) in [6.07, 6.45) is 5.83. The number of aromatic nitrogens is 4. The number of pyridine rings is 1. The van der Waals surface area contributed by atoms with Crippen LogP contribution in [0.25, 0.3) is 10.8 Å². The number of nitrogens with zero attached hydrogens (tertiary/aromatic N) is 4. The molecule has 1 aromatic carbocycles. The summed E-state index contributed by atoms with van der Waals surface area (Å²) < 4.78 is 1.79. The van der Waals surface area contributed by atoms with Crippen molar-refractivity contribution in [1.29, 1.82) is 0 Å². The minimum absolute atomic E-state index is 0.0808. The van der Waals surface area contributed by atoms with Gasteiger partial charge in [-0.05, 0) is 36.4 Å². The molecule has 0 amide bonds. The number of rotatable bonds is 5. The Morgan fingerprint density at radius 2 is 2.08 bits per heavy atom. The Morgan fingerprint density at radius 3 is 2.92 bits per heavy atom. The molecule has 4 rings (SSSR count). The maximum atomic E-state index is 11.9. The quantitative estimate of drug-likeness (QED) is 0.727. The van der Waals surface area contributed by atoms with E-state index in [1.165, 1.54) is 0 Å². The van der Waals surface area contributed by atoms with E-state index in [2.05, 4.69) is 20.2 Å². The SMILES string of the molecule is O=c1[nH]cc(Cn2cc(CN3CCCC3CO)nn2)c2ccccc12. The Labute approximate surface area is 144 Å². The smallest absolute Gasteiger partial charge is 0.255 e. The van der Waals surface area contributed by atoms with Gasteiger partial charge in [0, 0.05) is 24.2 Å². The fraction of sp³-hybridized carbons (Fsp3) is 0.389. The van der Waals surface area contributed by atoms with Crippen molar-refractivity contribution >= 4 is 10.8 Å². The van der Waals surface area contributed by atoms with Crippen LogP contribution in [0, 0.1) is 0 Å². The predicted molar refractivity (Wildman–Crippen MR) is 94.2 cm³/mol. The van der Waals surface area contributed by atoms with Gasteiger partial charge in [0.25, 0.3) is 5.56 Å². The molecule has 130 valence electrons. The second-order valence-corrected chi connectivity index (χ2v) is 6.55. The lowest BCUT2D eigenvalue weighted by Crippen LogP contribution is -2.31. The molecule has 3 heterocycles. The Bertz CT molecular complexity index is 932. The average Bonchev–Trinajstić information content (AvgIpc) is 3.27. The van der Waals surface area contributed by atoms with Crippen LogP contribution in [0.1, 0.15) is 24.1 Å². The van der Waals surface area contributed by atoms with Crippen molar-refractivity contribution in [2.75, 3.05) is 13.2 Å². The summed E-state index contributed by atoms with van der Waals surface area (Å²) in [5, 5.41) is 19.5. The first-order chi connectivity index (χ1) is 12.2. The van der Waals surface area contributed by atoms with Gasteiger partial charge in [-0.15, -0.1) is 5.10 Å². The molecule has 1 aliphatic heterocycles. The van der Waals surface area contributed by atoms with Crippen molar-refractivity contribution in [2.45, 2.75) is 32.0 Å². The summed E-state index contributed by atoms with van der Waals surface area (Å²) in [5.41, 5.74) is 1.82. The average molecular weight is 339 g/mol. The molecule has 0 radical (unpaired) electrons. The molecule has 1 saturated heterocycles. The van der Waals surface area contributed by atoms with E-state index in [4.69, 9.17) is 0 Å². The highest BCUT2D eigenvalue weighted by atomic mass is 16.3. The highest BCUT2D eigenvalue weighted by molar-refractivity contribution is 5.84. The number of hydrogen-bond donors (Lipinski definition) is 2. The first kappa shape index (κ1) is 16.0. The first-order valence-corrected chi connectivity index (χ1v) is 8.58. The van der Waals surface area contributed by atoms with E-state index in [1.807, 2.05) is 30.5 Å². The molecular weight excluding hydrogens is 318 g/mol. The van der Waals surface area contributed by atoms with Crippen LogP contribution in [0.2, 0.25) is 0 Å². The zero-order chi connectivity index (χ0) is 17.2. The summed E-state index contributed by atoms with van der Waals surface area (Å²) in [4.78, 5) is 17.0. The van der Waals surface area contributed by atoms with Gasteiger partial charge in [-0.2, -0.15) is 0 Å². The van der Waals surface area contributed by atoms with Crippen LogP contribution in [0.4, 0.5) is 0 Å². The molecular formula is C18H21N5O2. The highest BCUT2D eigenvalue weighted by Crippen LogP contribution is 2.19. The van der Waals surface area contributed by atoms with Crippen LogP contribution >= 0.6 is 0 Å². The molecule has 1 atom stereocenters. The number of aliphatic hydroxyl groups is 1. The van der Waals surface area contributed by atoms with E-state index >= 15 is 0 Å². The van der Waals surface area contributed by atoms with Crippen molar-refractivity contribution < 1.29 is 5.11 Å². The number of fused-ring (bicyclic) bond motifs is 1. The van der Waals surface area contributed by atoms with Crippen LogP contribution in [0.15, 0.2) is 41.5 Å². The first-order valence-electron chi connectivity index (χ1n) is 8.58. The minimum atomic E-state index is -0.0808. The molecule has 2 N–H and O–H groups in total. The summed E-state index contributed by atoms with van der Waals surface area (Å²) >= 11 is 0. The van der Waals surface area contributed by atoms with E-state index < -0.39 is 0 Å². The Morgan fingerprint density at radius 1 is 1.24 bits per heavy atom. The number of H-pyrrole nitrogens is 1. The summed E-state index contributed by atoms with van der Waals surface area (Å²) in [6.45, 7) is 2.44. The third kappa shape index (κ3) is 3.20. The van der Waals surface area contributed by atoms with Gasteiger partial charge in [0.05, 0.1) is 25.0 Å². The predicted octanol–water partition coefficient (Wildman–Crippen LogP) is 1.12. The zero-order valence-corrected chi connectivity index (χ0v) is 13.9. The van der Waals surface area contributed by atoms with Crippen LogP contribution in [0.5, 0.6) is 0 Å². The Kier molecular flexibility index (Phi) is 4.33. The number of aromatic amines is 1. The lowest BCUT2D eigenvalue weighted by Gasteiger charge is -2.20. The second-order valence-electron chi connectivity index (χ2n) is 6.55. The number of likely N-dealkylation sites (tertiary alicyclic amines) is 1. The third-order valence-corrected chi connectivity index (χ3v) is 4.89. The van der Waals surface area contributed by atoms with Gasteiger partial charge in [0.15, 0.2) is 0 Å². The molecule has 1 fully saturated rings. The highest BCUT2D eigenvalue weighted by Gasteiger charge is 2.24. The van der Waals surface area contributed by atoms with E-state index in [-0.39, 0.29) is 18.2 Å². The Balaban J connectivity index is 1.54. The fourth-order valence-corrected chi connectivity index (χ4v) is 3.58. The summed E-state index contributed by atoms with van der Waals surface area (Å²) in [6, 6.07) is 7.80. The molecule has 0 spiro atoms. The molecule has 0 bridgehead atoms. The van der Waals surface area contributed by atoms with E-state index in [0.717, 1.165) is 36.0 Å². The maximum Gasteiger partial charge on any atom is 0.255 e. The van der Waals surface area contributed by atoms with Gasteiger partial charge in [-0.1, -0.05) is 23.4 Å².